The summed E-state index contributed by atoms with van der Waals surface area (Å²) in [4.78, 5) is 20.4. The molecule has 0 atom stereocenters. The van der Waals surface area contributed by atoms with Crippen LogP contribution in [0.5, 0.6) is 0 Å². The van der Waals surface area contributed by atoms with Gasteiger partial charge in [-0.25, -0.2) is 4.98 Å². The van der Waals surface area contributed by atoms with Gasteiger partial charge in [0.25, 0.3) is 5.91 Å². The van der Waals surface area contributed by atoms with Crippen LogP contribution < -0.4 is 5.32 Å². The number of aromatic nitrogens is 1. The summed E-state index contributed by atoms with van der Waals surface area (Å²) in [6.45, 7) is 0.0227. The van der Waals surface area contributed by atoms with Gasteiger partial charge in [0.1, 0.15) is 6.61 Å². The Morgan fingerprint density at radius 1 is 1.75 bits per heavy atom. The number of hydrogen-bond acceptors (Lipinski definition) is 6. The molecule has 0 aliphatic heterocycles. The van der Waals surface area contributed by atoms with Crippen molar-refractivity contribution in [2.45, 2.75) is 4.34 Å². The average molecular weight is 259 g/mol. The first-order chi connectivity index (χ1) is 7.71. The third-order valence-corrected chi connectivity index (χ3v) is 3.56. The average Bonchev–Trinajstić information content (AvgIpc) is 2.62. The number of thiazole rings is 1. The highest BCUT2D eigenvalue weighted by Gasteiger charge is 2.11. The quantitative estimate of drug-likeness (QED) is 0.643. The number of nitrogens with zero attached hydrogens (tertiary/aromatic N) is 2. The smallest absolute Gasteiger partial charge is 0.251 e. The SMILES string of the molecule is C/N=C/c1sc(SC)nc1NC(=O)COC. The second kappa shape index (κ2) is 6.62. The van der Waals surface area contributed by atoms with Gasteiger partial charge in [0.15, 0.2) is 10.2 Å². The Hall–Kier alpha value is -0.920. The van der Waals surface area contributed by atoms with Crippen molar-refractivity contribution in [3.05, 3.63) is 4.88 Å². The summed E-state index contributed by atoms with van der Waals surface area (Å²) in [7, 11) is 3.15. The predicted molar refractivity (Wildman–Crippen MR) is 67.9 cm³/mol. The molecule has 88 valence electrons. The lowest BCUT2D eigenvalue weighted by Crippen LogP contribution is -2.18. The number of rotatable bonds is 5. The van der Waals surface area contributed by atoms with E-state index >= 15 is 0 Å². The fourth-order valence-corrected chi connectivity index (χ4v) is 2.45. The van der Waals surface area contributed by atoms with Crippen LogP contribution in [0.25, 0.3) is 0 Å². The molecule has 1 heterocycles. The molecular weight excluding hydrogens is 246 g/mol. The molecule has 1 rings (SSSR count). The molecule has 0 bridgehead atoms. The van der Waals surface area contributed by atoms with Crippen molar-refractivity contribution in [2.75, 3.05) is 32.3 Å². The van der Waals surface area contributed by atoms with Crippen molar-refractivity contribution in [2.24, 2.45) is 4.99 Å². The molecule has 0 saturated carbocycles. The van der Waals surface area contributed by atoms with Crippen LogP contribution in [0.2, 0.25) is 0 Å². The highest BCUT2D eigenvalue weighted by molar-refractivity contribution is 8.00. The third kappa shape index (κ3) is 3.58. The van der Waals surface area contributed by atoms with E-state index in [1.54, 1.807) is 13.3 Å². The molecular formula is C9H13N3O2S2. The van der Waals surface area contributed by atoms with Crippen molar-refractivity contribution in [1.29, 1.82) is 0 Å². The van der Waals surface area contributed by atoms with E-state index in [1.165, 1.54) is 30.2 Å². The van der Waals surface area contributed by atoms with Crippen LogP contribution >= 0.6 is 23.1 Å². The van der Waals surface area contributed by atoms with Gasteiger partial charge < -0.3 is 10.1 Å². The number of aliphatic imine (C=N–C) groups is 1. The van der Waals surface area contributed by atoms with Crippen LogP contribution in [-0.2, 0) is 9.53 Å². The van der Waals surface area contributed by atoms with Crippen molar-refractivity contribution in [1.82, 2.24) is 4.98 Å². The van der Waals surface area contributed by atoms with E-state index in [0.29, 0.717) is 5.82 Å². The maximum atomic E-state index is 11.3. The van der Waals surface area contributed by atoms with E-state index in [1.807, 2.05) is 6.26 Å². The number of ether oxygens (including phenoxy) is 1. The third-order valence-electron chi connectivity index (χ3n) is 1.59. The Morgan fingerprint density at radius 2 is 2.50 bits per heavy atom. The molecule has 16 heavy (non-hydrogen) atoms. The lowest BCUT2D eigenvalue weighted by atomic mass is 10.5. The van der Waals surface area contributed by atoms with Gasteiger partial charge in [-0.15, -0.1) is 11.3 Å². The molecule has 1 aromatic rings. The number of nitrogens with one attached hydrogen (secondary N) is 1. The van der Waals surface area contributed by atoms with Gasteiger partial charge in [-0.3, -0.25) is 9.79 Å². The molecule has 1 aromatic heterocycles. The maximum Gasteiger partial charge on any atom is 0.251 e. The van der Waals surface area contributed by atoms with E-state index in [4.69, 9.17) is 4.74 Å². The Labute approximate surface area is 102 Å². The predicted octanol–water partition coefficient (Wildman–Crippen LogP) is 1.50. The summed E-state index contributed by atoms with van der Waals surface area (Å²) >= 11 is 3.02. The van der Waals surface area contributed by atoms with Gasteiger partial charge >= 0.3 is 0 Å². The number of carbonyl (C=O) groups excluding carboxylic acids is 1. The van der Waals surface area contributed by atoms with Gasteiger partial charge in [-0.2, -0.15) is 0 Å². The van der Waals surface area contributed by atoms with Gasteiger partial charge in [0.2, 0.25) is 0 Å². The summed E-state index contributed by atoms with van der Waals surface area (Å²) in [6.07, 6.45) is 3.62. The minimum absolute atomic E-state index is 0.0227. The molecule has 0 fully saturated rings. The summed E-state index contributed by atoms with van der Waals surface area (Å²) in [5.74, 6) is 0.327. The molecule has 5 nitrogen and oxygen atoms in total. The molecule has 0 aliphatic rings. The summed E-state index contributed by atoms with van der Waals surface area (Å²) in [5, 5.41) is 2.68. The number of anilines is 1. The Balaban J connectivity index is 2.84. The number of hydrogen-bond donors (Lipinski definition) is 1. The monoisotopic (exact) mass is 259 g/mol. The number of thioether (sulfide) groups is 1. The topological polar surface area (TPSA) is 63.6 Å². The minimum Gasteiger partial charge on any atom is -0.375 e. The number of carbonyl (C=O) groups is 1. The van der Waals surface area contributed by atoms with Crippen LogP contribution in [0.4, 0.5) is 5.82 Å². The molecule has 0 saturated heterocycles. The van der Waals surface area contributed by atoms with Crippen LogP contribution in [0.3, 0.4) is 0 Å². The van der Waals surface area contributed by atoms with Gasteiger partial charge in [-0.1, -0.05) is 11.8 Å². The molecule has 0 aliphatic carbocycles. The summed E-state index contributed by atoms with van der Waals surface area (Å²) < 4.78 is 5.62. The number of methoxy groups -OCH3 is 1. The second-order valence-corrected chi connectivity index (χ2v) is 4.85. The molecule has 0 unspecified atom stereocenters. The molecule has 1 N–H and O–H groups in total. The molecule has 0 aromatic carbocycles. The zero-order chi connectivity index (χ0) is 12.0. The molecule has 7 heteroatoms. The van der Waals surface area contributed by atoms with Crippen LogP contribution in [0.15, 0.2) is 9.33 Å². The van der Waals surface area contributed by atoms with Crippen LogP contribution in [0, 0.1) is 0 Å². The summed E-state index contributed by atoms with van der Waals surface area (Å²) in [6, 6.07) is 0. The van der Waals surface area contributed by atoms with E-state index in [0.717, 1.165) is 9.22 Å². The maximum absolute atomic E-state index is 11.3. The first-order valence-electron chi connectivity index (χ1n) is 4.47. The first kappa shape index (κ1) is 13.1. The Morgan fingerprint density at radius 3 is 3.06 bits per heavy atom. The van der Waals surface area contributed by atoms with Crippen LogP contribution in [-0.4, -0.2) is 44.1 Å². The first-order valence-corrected chi connectivity index (χ1v) is 6.51. The standard InChI is InChI=1S/C9H13N3O2S2/c1-10-4-6-8(11-7(13)5-14-2)12-9(15-3)16-6/h4H,5H2,1-3H3,(H,11,13)/b10-4+. The van der Waals surface area contributed by atoms with Gasteiger partial charge in [-0.05, 0) is 6.26 Å². The second-order valence-electron chi connectivity index (χ2n) is 2.77. The Kier molecular flexibility index (Phi) is 5.44. The highest BCUT2D eigenvalue weighted by Crippen LogP contribution is 2.27. The largest absolute Gasteiger partial charge is 0.375 e. The zero-order valence-corrected chi connectivity index (χ0v) is 10.9. The minimum atomic E-state index is -0.216. The zero-order valence-electron chi connectivity index (χ0n) is 9.31. The van der Waals surface area contributed by atoms with E-state index < -0.39 is 0 Å². The van der Waals surface area contributed by atoms with Crippen molar-refractivity contribution in [3.63, 3.8) is 0 Å². The normalized spacial score (nSPS) is 10.9. The molecule has 0 radical (unpaired) electrons. The Bertz CT molecular complexity index is 390. The van der Waals surface area contributed by atoms with E-state index in [-0.39, 0.29) is 12.5 Å². The number of amides is 1. The van der Waals surface area contributed by atoms with Gasteiger partial charge in [0, 0.05) is 20.4 Å². The van der Waals surface area contributed by atoms with Crippen molar-refractivity contribution >= 4 is 41.0 Å². The summed E-state index contributed by atoms with van der Waals surface area (Å²) in [5.41, 5.74) is 0. The van der Waals surface area contributed by atoms with Crippen LogP contribution in [0.1, 0.15) is 4.88 Å². The van der Waals surface area contributed by atoms with Crippen molar-refractivity contribution < 1.29 is 9.53 Å². The fraction of sp³-hybridized carbons (Fsp3) is 0.444. The van der Waals surface area contributed by atoms with E-state index in [2.05, 4.69) is 15.3 Å². The fourth-order valence-electron chi connectivity index (χ4n) is 0.992. The van der Waals surface area contributed by atoms with E-state index in [9.17, 15) is 4.79 Å². The molecule has 1 amide bonds. The lowest BCUT2D eigenvalue weighted by Gasteiger charge is -2.01. The molecule has 0 spiro atoms. The van der Waals surface area contributed by atoms with Gasteiger partial charge in [0.05, 0.1) is 4.88 Å². The van der Waals surface area contributed by atoms with Crippen molar-refractivity contribution in [3.8, 4) is 0 Å². The highest BCUT2D eigenvalue weighted by atomic mass is 32.2. The lowest BCUT2D eigenvalue weighted by molar-refractivity contribution is -0.119.